The highest BCUT2D eigenvalue weighted by Crippen LogP contribution is 2.32. The molecule has 0 bridgehead atoms. The van der Waals surface area contributed by atoms with Gasteiger partial charge in [0.05, 0.1) is 10.6 Å². The van der Waals surface area contributed by atoms with Crippen molar-refractivity contribution in [2.75, 3.05) is 0 Å². The molecule has 0 saturated heterocycles. The van der Waals surface area contributed by atoms with Crippen molar-refractivity contribution in [2.45, 2.75) is 11.1 Å². The molecule has 1 aromatic rings. The van der Waals surface area contributed by atoms with Crippen LogP contribution >= 0.6 is 11.6 Å². The number of halogens is 4. The summed E-state index contributed by atoms with van der Waals surface area (Å²) in [4.78, 5) is -0.530. The number of benzene rings is 1. The van der Waals surface area contributed by atoms with Crippen LogP contribution in [0.2, 0.25) is 5.02 Å². The van der Waals surface area contributed by atoms with Gasteiger partial charge >= 0.3 is 6.18 Å². The van der Waals surface area contributed by atoms with Gasteiger partial charge in [-0.2, -0.15) is 13.2 Å². The third kappa shape index (κ3) is 2.83. The summed E-state index contributed by atoms with van der Waals surface area (Å²) >= 11 is 5.36. The lowest BCUT2D eigenvalue weighted by Gasteiger charge is -2.08. The third-order valence-electron chi connectivity index (χ3n) is 1.57. The summed E-state index contributed by atoms with van der Waals surface area (Å²) in [5.41, 5.74) is -1.03. The van der Waals surface area contributed by atoms with Crippen molar-refractivity contribution in [2.24, 2.45) is 5.14 Å². The monoisotopic (exact) mass is 259 g/mol. The van der Waals surface area contributed by atoms with E-state index in [1.807, 2.05) is 0 Å². The number of hydrogen-bond donors (Lipinski definition) is 1. The molecule has 0 atom stereocenters. The Morgan fingerprint density at radius 2 is 1.80 bits per heavy atom. The molecule has 8 heteroatoms. The van der Waals surface area contributed by atoms with E-state index in [1.165, 1.54) is 0 Å². The number of alkyl halides is 3. The maximum Gasteiger partial charge on any atom is 0.416 e. The number of rotatable bonds is 1. The zero-order valence-electron chi connectivity index (χ0n) is 7.05. The average Bonchev–Trinajstić information content (AvgIpc) is 1.99. The molecular weight excluding hydrogens is 255 g/mol. The number of hydrogen-bond acceptors (Lipinski definition) is 2. The SMILES string of the molecule is NS(=O)(=O)c1ccc(C(F)(F)F)cc1Cl. The molecule has 84 valence electrons. The van der Waals surface area contributed by atoms with E-state index >= 15 is 0 Å². The predicted molar refractivity (Wildman–Crippen MR) is 47.8 cm³/mol. The standard InChI is InChI=1S/C7H5ClF3NO2S/c8-5-3-4(7(9,10)11)1-2-6(5)15(12,13)14/h1-3H,(H2,12,13,14). The van der Waals surface area contributed by atoms with E-state index in [2.05, 4.69) is 0 Å². The molecule has 0 saturated carbocycles. The zero-order chi connectivity index (χ0) is 11.9. The fourth-order valence-corrected chi connectivity index (χ4v) is 2.00. The number of nitrogens with two attached hydrogens (primary N) is 1. The van der Waals surface area contributed by atoms with Crippen LogP contribution in [-0.4, -0.2) is 8.42 Å². The van der Waals surface area contributed by atoms with E-state index in [4.69, 9.17) is 16.7 Å². The summed E-state index contributed by atoms with van der Waals surface area (Å²) in [5.74, 6) is 0. The van der Waals surface area contributed by atoms with Crippen molar-refractivity contribution in [1.82, 2.24) is 0 Å². The van der Waals surface area contributed by atoms with Gasteiger partial charge in [-0.15, -0.1) is 0 Å². The maximum absolute atomic E-state index is 12.2. The van der Waals surface area contributed by atoms with Gasteiger partial charge < -0.3 is 0 Å². The Morgan fingerprint density at radius 1 is 1.27 bits per heavy atom. The van der Waals surface area contributed by atoms with E-state index < -0.39 is 31.7 Å². The summed E-state index contributed by atoms with van der Waals surface area (Å²) in [7, 11) is -4.10. The molecule has 0 aromatic heterocycles. The second-order valence-corrected chi connectivity index (χ2v) is 4.63. The molecule has 0 aliphatic rings. The van der Waals surface area contributed by atoms with Crippen LogP contribution in [0.5, 0.6) is 0 Å². The molecule has 3 nitrogen and oxygen atoms in total. The molecule has 1 rings (SSSR count). The van der Waals surface area contributed by atoms with Gasteiger partial charge in [0.1, 0.15) is 4.90 Å². The number of primary sulfonamides is 1. The lowest BCUT2D eigenvalue weighted by Crippen LogP contribution is -2.13. The van der Waals surface area contributed by atoms with Gasteiger partial charge in [-0.1, -0.05) is 11.6 Å². The quantitative estimate of drug-likeness (QED) is 0.839. The molecule has 0 amide bonds. The maximum atomic E-state index is 12.2. The van der Waals surface area contributed by atoms with Gasteiger partial charge in [-0.05, 0) is 18.2 Å². The largest absolute Gasteiger partial charge is 0.416 e. The van der Waals surface area contributed by atoms with Gasteiger partial charge in [0, 0.05) is 0 Å². The molecule has 1 aromatic carbocycles. The second kappa shape index (κ2) is 3.66. The first-order chi connectivity index (χ1) is 6.62. The molecule has 0 radical (unpaired) electrons. The number of sulfonamides is 1. The molecule has 0 aliphatic carbocycles. The van der Waals surface area contributed by atoms with E-state index in [-0.39, 0.29) is 0 Å². The normalized spacial score (nSPS) is 12.9. The van der Waals surface area contributed by atoms with Crippen molar-refractivity contribution in [1.29, 1.82) is 0 Å². The topological polar surface area (TPSA) is 60.2 Å². The molecule has 0 unspecified atom stereocenters. The summed E-state index contributed by atoms with van der Waals surface area (Å²) < 4.78 is 58.1. The van der Waals surface area contributed by atoms with E-state index in [0.717, 1.165) is 6.07 Å². The van der Waals surface area contributed by atoms with Crippen LogP contribution in [0.4, 0.5) is 13.2 Å². The van der Waals surface area contributed by atoms with Crippen LogP contribution in [-0.2, 0) is 16.2 Å². The molecule has 0 spiro atoms. The first kappa shape index (κ1) is 12.3. The van der Waals surface area contributed by atoms with Crippen molar-refractivity contribution >= 4 is 21.6 Å². The molecule has 0 aliphatic heterocycles. The van der Waals surface area contributed by atoms with Crippen molar-refractivity contribution in [3.63, 3.8) is 0 Å². The van der Waals surface area contributed by atoms with E-state index in [1.54, 1.807) is 0 Å². The molecular formula is C7H5ClF3NO2S. The summed E-state index contributed by atoms with van der Waals surface area (Å²) in [6, 6.07) is 1.84. The Kier molecular flexibility index (Phi) is 2.99. The van der Waals surface area contributed by atoms with Crippen molar-refractivity contribution in [3.8, 4) is 0 Å². The Balaban J connectivity index is 3.34. The molecule has 0 fully saturated rings. The van der Waals surface area contributed by atoms with E-state index in [0.29, 0.717) is 12.1 Å². The van der Waals surface area contributed by atoms with Crippen LogP contribution in [0.3, 0.4) is 0 Å². The summed E-state index contributed by atoms with van der Waals surface area (Å²) in [5, 5.41) is 4.17. The Hall–Kier alpha value is -0.790. The zero-order valence-corrected chi connectivity index (χ0v) is 8.62. The first-order valence-corrected chi connectivity index (χ1v) is 5.44. The van der Waals surface area contributed by atoms with Gasteiger partial charge in [0.25, 0.3) is 0 Å². The van der Waals surface area contributed by atoms with Crippen molar-refractivity contribution in [3.05, 3.63) is 28.8 Å². The summed E-state index contributed by atoms with van der Waals surface area (Å²) in [6.07, 6.45) is -4.57. The first-order valence-electron chi connectivity index (χ1n) is 3.52. The van der Waals surface area contributed by atoms with E-state index in [9.17, 15) is 21.6 Å². The fourth-order valence-electron chi connectivity index (χ4n) is 0.908. The van der Waals surface area contributed by atoms with Crippen LogP contribution in [0.1, 0.15) is 5.56 Å². The molecule has 2 N–H and O–H groups in total. The molecule has 0 heterocycles. The highest BCUT2D eigenvalue weighted by molar-refractivity contribution is 7.89. The Bertz CT molecular complexity index is 483. The smallest absolute Gasteiger partial charge is 0.225 e. The highest BCUT2D eigenvalue weighted by atomic mass is 35.5. The minimum atomic E-state index is -4.57. The van der Waals surface area contributed by atoms with Gasteiger partial charge in [0.15, 0.2) is 0 Å². The molecule has 15 heavy (non-hydrogen) atoms. The highest BCUT2D eigenvalue weighted by Gasteiger charge is 2.31. The van der Waals surface area contributed by atoms with Crippen LogP contribution in [0, 0.1) is 0 Å². The van der Waals surface area contributed by atoms with Crippen LogP contribution < -0.4 is 5.14 Å². The van der Waals surface area contributed by atoms with Gasteiger partial charge in [0.2, 0.25) is 10.0 Å². The Morgan fingerprint density at radius 3 is 2.13 bits per heavy atom. The summed E-state index contributed by atoms with van der Waals surface area (Å²) in [6.45, 7) is 0. The van der Waals surface area contributed by atoms with Crippen LogP contribution in [0.15, 0.2) is 23.1 Å². The average molecular weight is 260 g/mol. The Labute approximate surface area is 88.7 Å². The third-order valence-corrected chi connectivity index (χ3v) is 2.96. The fraction of sp³-hybridized carbons (Fsp3) is 0.143. The minimum absolute atomic E-state index is 0.515. The lowest BCUT2D eigenvalue weighted by atomic mass is 10.2. The minimum Gasteiger partial charge on any atom is -0.225 e. The van der Waals surface area contributed by atoms with Crippen LogP contribution in [0.25, 0.3) is 0 Å². The van der Waals surface area contributed by atoms with Crippen molar-refractivity contribution < 1.29 is 21.6 Å². The second-order valence-electron chi connectivity index (χ2n) is 2.69. The predicted octanol–water partition coefficient (Wildman–Crippen LogP) is 2.01. The van der Waals surface area contributed by atoms with Gasteiger partial charge in [-0.3, -0.25) is 0 Å². The van der Waals surface area contributed by atoms with Gasteiger partial charge in [-0.25, -0.2) is 13.6 Å². The lowest BCUT2D eigenvalue weighted by molar-refractivity contribution is -0.137.